The maximum atomic E-state index is 11.6. The Hall–Kier alpha value is -0.960. The van der Waals surface area contributed by atoms with Gasteiger partial charge in [-0.3, -0.25) is 4.79 Å². The summed E-state index contributed by atoms with van der Waals surface area (Å²) in [4.78, 5) is 14.6. The van der Waals surface area contributed by atoms with Gasteiger partial charge in [-0.15, -0.1) is 0 Å². The second kappa shape index (κ2) is 5.21. The first-order valence-corrected chi connectivity index (χ1v) is 7.06. The molecule has 84 valence electrons. The average molecular weight is 225 g/mol. The Kier molecular flexibility index (Phi) is 4.21. The highest BCUT2D eigenvalue weighted by atomic mass is 32.2. The molecule has 0 radical (unpaired) electrons. The Morgan fingerprint density at radius 3 is 2.20 bits per heavy atom. The molecule has 2 nitrogen and oxygen atoms in total. The maximum absolute atomic E-state index is 11.6. The summed E-state index contributed by atoms with van der Waals surface area (Å²) >= 11 is 0. The molecule has 0 aromatic heterocycles. The first-order chi connectivity index (χ1) is 7.06. The van der Waals surface area contributed by atoms with Gasteiger partial charge in [0.05, 0.1) is 0 Å². The number of hydrogen-bond donors (Lipinski definition) is 1. The highest BCUT2D eigenvalue weighted by Gasteiger charge is 2.07. The van der Waals surface area contributed by atoms with E-state index in [-0.39, 0.29) is 16.8 Å². The summed E-state index contributed by atoms with van der Waals surface area (Å²) in [7, 11) is 3.50. The van der Waals surface area contributed by atoms with Crippen molar-refractivity contribution in [3.63, 3.8) is 0 Å². The summed E-state index contributed by atoms with van der Waals surface area (Å²) in [6.45, 7) is 2.20. The molecule has 0 heterocycles. The van der Waals surface area contributed by atoms with Crippen molar-refractivity contribution in [3.05, 3.63) is 29.8 Å². The fourth-order valence-corrected chi connectivity index (χ4v) is 2.32. The first kappa shape index (κ1) is 12.1. The Bertz CT molecular complexity index is 332. The molecule has 0 aliphatic heterocycles. The van der Waals surface area contributed by atoms with Gasteiger partial charge in [0.2, 0.25) is 0 Å². The molecule has 1 rings (SSSR count). The van der Waals surface area contributed by atoms with Crippen LogP contribution in [0.25, 0.3) is 0 Å². The lowest BCUT2D eigenvalue weighted by Gasteiger charge is -2.15. The van der Waals surface area contributed by atoms with Crippen LogP contribution in [0, 0.1) is 0 Å². The van der Waals surface area contributed by atoms with Gasteiger partial charge < -0.3 is 4.90 Å². The minimum atomic E-state index is -0.0454. The molecule has 15 heavy (non-hydrogen) atoms. The van der Waals surface area contributed by atoms with Crippen LogP contribution in [0.15, 0.2) is 29.2 Å². The molecule has 1 amide bonds. The molecule has 0 spiro atoms. The molecule has 0 aliphatic rings. The molecule has 1 unspecified atom stereocenters. The van der Waals surface area contributed by atoms with E-state index in [9.17, 15) is 4.79 Å². The van der Waals surface area contributed by atoms with Crippen molar-refractivity contribution >= 4 is 16.8 Å². The number of nitrogens with zero attached hydrogens (tertiary/aromatic N) is 1. The Morgan fingerprint density at radius 2 is 1.80 bits per heavy atom. The van der Waals surface area contributed by atoms with Gasteiger partial charge in [0.15, 0.2) is 0 Å². The van der Waals surface area contributed by atoms with Gasteiger partial charge in [-0.25, -0.2) is 10.9 Å². The van der Waals surface area contributed by atoms with Gasteiger partial charge >= 0.3 is 0 Å². The molecular formula is C12H19NOS. The quantitative estimate of drug-likeness (QED) is 0.783. The highest BCUT2D eigenvalue weighted by molar-refractivity contribution is 8.16. The van der Waals surface area contributed by atoms with Gasteiger partial charge in [0.25, 0.3) is 5.91 Å². The van der Waals surface area contributed by atoms with Crippen LogP contribution < -0.4 is 0 Å². The molecule has 3 heteroatoms. The van der Waals surface area contributed by atoms with Gasteiger partial charge in [-0.05, 0) is 41.2 Å². The van der Waals surface area contributed by atoms with Crippen LogP contribution in [0.2, 0.25) is 0 Å². The summed E-state index contributed by atoms with van der Waals surface area (Å²) in [5, 5.41) is 0. The predicted molar refractivity (Wildman–Crippen MR) is 68.2 cm³/mol. The van der Waals surface area contributed by atoms with E-state index >= 15 is 0 Å². The van der Waals surface area contributed by atoms with Crippen LogP contribution in [0.3, 0.4) is 0 Å². The minimum Gasteiger partial charge on any atom is -0.345 e. The zero-order chi connectivity index (χ0) is 11.4. The summed E-state index contributed by atoms with van der Waals surface area (Å²) in [5.41, 5.74) is 0.767. The van der Waals surface area contributed by atoms with Crippen LogP contribution in [0.5, 0.6) is 0 Å². The molecule has 0 saturated heterocycles. The van der Waals surface area contributed by atoms with Crippen molar-refractivity contribution in [2.45, 2.75) is 11.8 Å². The lowest BCUT2D eigenvalue weighted by molar-refractivity contribution is 0.0827. The van der Waals surface area contributed by atoms with Crippen molar-refractivity contribution < 1.29 is 4.79 Å². The number of hydrogen-bond acceptors (Lipinski definition) is 1. The first-order valence-electron chi connectivity index (χ1n) is 5.09. The molecule has 1 aromatic carbocycles. The van der Waals surface area contributed by atoms with Crippen molar-refractivity contribution in [2.24, 2.45) is 0 Å². The largest absolute Gasteiger partial charge is 0.345 e. The normalized spacial score (nSPS) is 13.5. The van der Waals surface area contributed by atoms with Crippen molar-refractivity contribution in [1.29, 1.82) is 0 Å². The van der Waals surface area contributed by atoms with E-state index in [1.165, 1.54) is 10.6 Å². The molecule has 1 atom stereocenters. The summed E-state index contributed by atoms with van der Waals surface area (Å²) in [6, 6.07) is 8.00. The molecular weight excluding hydrogens is 206 g/mol. The molecule has 1 aromatic rings. The van der Waals surface area contributed by atoms with Gasteiger partial charge in [0, 0.05) is 19.7 Å². The fraction of sp³-hybridized carbons (Fsp3) is 0.417. The lowest BCUT2D eigenvalue weighted by Crippen LogP contribution is -2.21. The maximum Gasteiger partial charge on any atom is 0.253 e. The third-order valence-electron chi connectivity index (χ3n) is 2.44. The summed E-state index contributed by atoms with van der Waals surface area (Å²) < 4.78 is 0. The monoisotopic (exact) mass is 225 g/mol. The van der Waals surface area contributed by atoms with Crippen LogP contribution >= 0.6 is 10.9 Å². The lowest BCUT2D eigenvalue weighted by atomic mass is 10.2. The van der Waals surface area contributed by atoms with Gasteiger partial charge in [-0.2, -0.15) is 0 Å². The van der Waals surface area contributed by atoms with Gasteiger partial charge in [0.1, 0.15) is 0 Å². The SMILES string of the molecule is CC[SH](C)c1ccc(C(=O)N(C)C)cc1. The van der Waals surface area contributed by atoms with Crippen LogP contribution in [-0.4, -0.2) is 36.9 Å². The van der Waals surface area contributed by atoms with E-state index in [4.69, 9.17) is 0 Å². The Morgan fingerprint density at radius 1 is 1.27 bits per heavy atom. The van der Waals surface area contributed by atoms with Crippen molar-refractivity contribution in [3.8, 4) is 0 Å². The summed E-state index contributed by atoms with van der Waals surface area (Å²) in [6.07, 6.45) is 2.26. The number of carbonyl (C=O) groups excluding carboxylic acids is 1. The molecule has 0 fully saturated rings. The van der Waals surface area contributed by atoms with E-state index in [1.54, 1.807) is 19.0 Å². The molecule has 0 bridgehead atoms. The number of amides is 1. The molecule has 0 saturated carbocycles. The number of thiol groups is 1. The van der Waals surface area contributed by atoms with E-state index < -0.39 is 0 Å². The van der Waals surface area contributed by atoms with Crippen LogP contribution in [0.4, 0.5) is 0 Å². The highest BCUT2D eigenvalue weighted by Crippen LogP contribution is 2.31. The third-order valence-corrected chi connectivity index (χ3v) is 4.56. The van der Waals surface area contributed by atoms with E-state index in [0.717, 1.165) is 5.56 Å². The van der Waals surface area contributed by atoms with Gasteiger partial charge in [-0.1, -0.05) is 6.92 Å². The van der Waals surface area contributed by atoms with E-state index in [1.807, 2.05) is 12.1 Å². The predicted octanol–water partition coefficient (Wildman–Crippen LogP) is 2.40. The van der Waals surface area contributed by atoms with Crippen molar-refractivity contribution in [2.75, 3.05) is 26.1 Å². The van der Waals surface area contributed by atoms with Crippen LogP contribution in [0.1, 0.15) is 17.3 Å². The van der Waals surface area contributed by atoms with Crippen LogP contribution in [-0.2, 0) is 0 Å². The van der Waals surface area contributed by atoms with E-state index in [0.29, 0.717) is 0 Å². The molecule has 0 aliphatic carbocycles. The summed E-state index contributed by atoms with van der Waals surface area (Å²) in [5.74, 6) is 1.26. The molecule has 0 N–H and O–H groups in total. The fourth-order valence-electron chi connectivity index (χ4n) is 1.30. The number of benzene rings is 1. The Labute approximate surface area is 94.6 Å². The zero-order valence-electron chi connectivity index (χ0n) is 9.82. The average Bonchev–Trinajstić information content (AvgIpc) is 2.27. The smallest absolute Gasteiger partial charge is 0.253 e. The second-order valence-corrected chi connectivity index (χ2v) is 6.31. The zero-order valence-corrected chi connectivity index (χ0v) is 10.7. The standard InChI is InChI=1S/C12H19NOS/c1-5-15(4)11-8-6-10(7-9-11)12(14)13(2)3/h6-9,15H,5H2,1-4H3. The number of rotatable bonds is 3. The minimum absolute atomic E-state index is 0.0454. The number of carbonyl (C=O) groups is 1. The topological polar surface area (TPSA) is 20.3 Å². The van der Waals surface area contributed by atoms with Crippen molar-refractivity contribution in [1.82, 2.24) is 4.90 Å². The third kappa shape index (κ3) is 2.99. The Balaban J connectivity index is 2.85. The second-order valence-electron chi connectivity index (χ2n) is 3.76. The van der Waals surface area contributed by atoms with E-state index in [2.05, 4.69) is 25.3 Å².